The smallest absolute Gasteiger partial charge is 0.459 e. The predicted molar refractivity (Wildman–Crippen MR) is 180 cm³/mol. The number of rotatable bonds is 11. The van der Waals surface area contributed by atoms with Crippen LogP contribution in [0.15, 0.2) is 146 Å². The Labute approximate surface area is 275 Å². The second-order valence-corrected chi connectivity index (χ2v) is 11.4. The summed E-state index contributed by atoms with van der Waals surface area (Å²) in [5.41, 5.74) is 5.58. The molecule has 1 heterocycles. The first-order valence-corrected chi connectivity index (χ1v) is 15.8. The van der Waals surface area contributed by atoms with E-state index in [1.165, 1.54) is 0 Å². The molecule has 236 valence electrons. The number of carbonyl (C=O) groups excluding carboxylic acids is 2. The molecule has 1 aliphatic rings. The van der Waals surface area contributed by atoms with Crippen molar-refractivity contribution in [3.8, 4) is 0 Å². The zero-order valence-corrected chi connectivity index (χ0v) is 25.9. The van der Waals surface area contributed by atoms with Crippen LogP contribution in [0.2, 0.25) is 0 Å². The predicted octanol–water partition coefficient (Wildman–Crippen LogP) is 6.88. The zero-order valence-electron chi connectivity index (χ0n) is 25.9. The number of alkyl carbamates (subject to hydrolysis) is 1. The summed E-state index contributed by atoms with van der Waals surface area (Å²) in [5.74, 6) is -0.551. The van der Waals surface area contributed by atoms with Crippen molar-refractivity contribution in [2.45, 2.75) is 44.3 Å². The number of hydrogen-bond donors (Lipinski definition) is 1. The minimum atomic E-state index is -0.958. The second-order valence-electron chi connectivity index (χ2n) is 11.4. The van der Waals surface area contributed by atoms with Crippen LogP contribution in [0.4, 0.5) is 4.79 Å². The number of hydrogen-bond acceptors (Lipinski definition) is 6. The fourth-order valence-electron chi connectivity index (χ4n) is 5.53. The van der Waals surface area contributed by atoms with Gasteiger partial charge in [-0.2, -0.15) is 0 Å². The Hall–Kier alpha value is -5.18. The van der Waals surface area contributed by atoms with Crippen LogP contribution in [0.25, 0.3) is 0 Å². The highest BCUT2D eigenvalue weighted by Crippen LogP contribution is 2.37. The Balaban J connectivity index is 1.15. The lowest BCUT2D eigenvalue weighted by molar-refractivity contribution is -0.147. The third-order valence-corrected chi connectivity index (χ3v) is 8.05. The van der Waals surface area contributed by atoms with Crippen molar-refractivity contribution in [3.63, 3.8) is 0 Å². The summed E-state index contributed by atoms with van der Waals surface area (Å²) in [5, 5.41) is 2.71. The van der Waals surface area contributed by atoms with Crippen LogP contribution < -0.4 is 10.8 Å². The molecule has 1 amide bonds. The van der Waals surface area contributed by atoms with Crippen molar-refractivity contribution >= 4 is 24.6 Å². The number of ether oxygens (including phenoxy) is 2. The third kappa shape index (κ3) is 8.97. The highest BCUT2D eigenvalue weighted by Gasteiger charge is 2.37. The van der Waals surface area contributed by atoms with Gasteiger partial charge in [0.1, 0.15) is 19.3 Å². The van der Waals surface area contributed by atoms with E-state index in [0.717, 1.165) is 33.3 Å². The quantitative estimate of drug-likeness (QED) is 0.127. The minimum absolute atomic E-state index is 0.0858. The van der Waals surface area contributed by atoms with Crippen LogP contribution in [0.5, 0.6) is 0 Å². The van der Waals surface area contributed by atoms with Crippen molar-refractivity contribution in [2.75, 3.05) is 0 Å². The molecule has 0 radical (unpaired) electrons. The van der Waals surface area contributed by atoms with Gasteiger partial charge in [-0.3, -0.25) is 0 Å². The van der Waals surface area contributed by atoms with E-state index in [2.05, 4.69) is 29.6 Å². The number of esters is 1. The van der Waals surface area contributed by atoms with Crippen LogP contribution in [-0.4, -0.2) is 25.2 Å². The molecular formula is C39H36BNO6. The van der Waals surface area contributed by atoms with Gasteiger partial charge in [-0.05, 0) is 33.3 Å². The Morgan fingerprint density at radius 3 is 1.60 bits per heavy atom. The van der Waals surface area contributed by atoms with E-state index in [-0.39, 0.29) is 31.8 Å². The maximum Gasteiger partial charge on any atom is 0.494 e. The topological polar surface area (TPSA) is 83.1 Å². The zero-order chi connectivity index (χ0) is 32.3. The van der Waals surface area contributed by atoms with Gasteiger partial charge in [-0.15, -0.1) is 0 Å². The van der Waals surface area contributed by atoms with Crippen LogP contribution >= 0.6 is 0 Å². The summed E-state index contributed by atoms with van der Waals surface area (Å²) in [4.78, 5) is 26.0. The van der Waals surface area contributed by atoms with Crippen LogP contribution in [0, 0.1) is 0 Å². The van der Waals surface area contributed by atoms with Crippen molar-refractivity contribution in [3.05, 3.63) is 173 Å². The monoisotopic (exact) mass is 625 g/mol. The van der Waals surface area contributed by atoms with E-state index in [9.17, 15) is 9.59 Å². The lowest BCUT2D eigenvalue weighted by Crippen LogP contribution is -2.44. The first kappa shape index (κ1) is 31.8. The van der Waals surface area contributed by atoms with E-state index >= 15 is 0 Å². The van der Waals surface area contributed by atoms with Gasteiger partial charge >= 0.3 is 19.2 Å². The summed E-state index contributed by atoms with van der Waals surface area (Å²) in [6, 6.07) is 45.9. The summed E-state index contributed by atoms with van der Waals surface area (Å²) >= 11 is 0. The largest absolute Gasteiger partial charge is 0.494 e. The average Bonchev–Trinajstić information content (AvgIpc) is 3.14. The van der Waals surface area contributed by atoms with Gasteiger partial charge in [0.2, 0.25) is 0 Å². The van der Waals surface area contributed by atoms with Gasteiger partial charge in [0.15, 0.2) is 0 Å². The molecule has 0 aromatic heterocycles. The Bertz CT molecular complexity index is 1660. The molecule has 1 aliphatic heterocycles. The summed E-state index contributed by atoms with van der Waals surface area (Å²) in [6.45, 7) is 0.180. The maximum absolute atomic E-state index is 13.3. The van der Waals surface area contributed by atoms with Gasteiger partial charge in [0.05, 0.1) is 12.2 Å². The Kier molecular flexibility index (Phi) is 10.8. The molecular weight excluding hydrogens is 589 g/mol. The standard InChI is InChI=1S/C39H36BNO6/c42-38(44-27-30-13-5-1-6-14-30)35(41-39(43)45-28-31-15-7-2-8-16-31)25-29-21-23-34(24-22-29)40-46-36(32-17-9-3-10-18-32)26-37(47-40)33-19-11-4-12-20-33/h1-24,35-37H,25-28H2,(H,41,43)/t35-,36?,37?/m0/s1. The van der Waals surface area contributed by atoms with E-state index in [1.54, 1.807) is 0 Å². The molecule has 0 aliphatic carbocycles. The van der Waals surface area contributed by atoms with Crippen LogP contribution in [0.1, 0.15) is 46.4 Å². The molecule has 7 nitrogen and oxygen atoms in total. The van der Waals surface area contributed by atoms with Gasteiger partial charge < -0.3 is 24.1 Å². The number of benzene rings is 5. The van der Waals surface area contributed by atoms with E-state index in [4.69, 9.17) is 18.8 Å². The first-order chi connectivity index (χ1) is 23.1. The highest BCUT2D eigenvalue weighted by atomic mass is 16.6. The molecule has 1 saturated heterocycles. The van der Waals surface area contributed by atoms with E-state index in [0.29, 0.717) is 6.42 Å². The first-order valence-electron chi connectivity index (χ1n) is 15.8. The van der Waals surface area contributed by atoms with Crippen molar-refractivity contribution in [2.24, 2.45) is 0 Å². The number of nitrogens with one attached hydrogen (secondary N) is 1. The van der Waals surface area contributed by atoms with E-state index < -0.39 is 25.2 Å². The average molecular weight is 626 g/mol. The lowest BCUT2D eigenvalue weighted by Gasteiger charge is -2.35. The summed E-state index contributed by atoms with van der Waals surface area (Å²) in [6.07, 6.45) is -0.0824. The van der Waals surface area contributed by atoms with Crippen molar-refractivity contribution < 1.29 is 28.4 Å². The molecule has 5 aromatic carbocycles. The maximum atomic E-state index is 13.3. The molecule has 5 aromatic rings. The lowest BCUT2D eigenvalue weighted by atomic mass is 9.75. The number of carbonyl (C=O) groups is 2. The fourth-order valence-corrected chi connectivity index (χ4v) is 5.53. The van der Waals surface area contributed by atoms with Gasteiger partial charge in [-0.25, -0.2) is 9.59 Å². The molecule has 1 N–H and O–H groups in total. The van der Waals surface area contributed by atoms with Crippen LogP contribution in [0.3, 0.4) is 0 Å². The highest BCUT2D eigenvalue weighted by molar-refractivity contribution is 6.61. The Morgan fingerprint density at radius 1 is 0.617 bits per heavy atom. The van der Waals surface area contributed by atoms with Gasteiger partial charge in [-0.1, -0.05) is 146 Å². The van der Waals surface area contributed by atoms with Gasteiger partial charge in [0.25, 0.3) is 0 Å². The minimum Gasteiger partial charge on any atom is -0.459 e. The van der Waals surface area contributed by atoms with E-state index in [1.807, 2.05) is 121 Å². The van der Waals surface area contributed by atoms with Crippen molar-refractivity contribution in [1.82, 2.24) is 5.32 Å². The fraction of sp³-hybridized carbons (Fsp3) is 0.179. The molecule has 1 fully saturated rings. The summed E-state index contributed by atoms with van der Waals surface area (Å²) in [7, 11) is -0.592. The molecule has 2 unspecified atom stereocenters. The third-order valence-electron chi connectivity index (χ3n) is 8.05. The number of amides is 1. The van der Waals surface area contributed by atoms with Crippen molar-refractivity contribution in [1.29, 1.82) is 0 Å². The summed E-state index contributed by atoms with van der Waals surface area (Å²) < 4.78 is 24.0. The molecule has 8 heteroatoms. The molecule has 0 bridgehead atoms. The molecule has 6 rings (SSSR count). The van der Waals surface area contributed by atoms with Gasteiger partial charge in [0, 0.05) is 12.8 Å². The Morgan fingerprint density at radius 2 is 1.09 bits per heavy atom. The molecule has 3 atom stereocenters. The molecule has 0 spiro atoms. The normalized spacial score (nSPS) is 16.6. The molecule has 47 heavy (non-hydrogen) atoms. The molecule has 0 saturated carbocycles. The second kappa shape index (κ2) is 15.9. The SMILES string of the molecule is O=C(N[C@@H](Cc1ccc(B2OC(c3ccccc3)CC(c3ccccc3)O2)cc1)C(=O)OCc1ccccc1)OCc1ccccc1. The van der Waals surface area contributed by atoms with Crippen LogP contribution in [-0.2, 0) is 43.2 Å².